The number of hydrogen-bond acceptors (Lipinski definition) is 4. The Morgan fingerprint density at radius 1 is 1.00 bits per heavy atom. The van der Waals surface area contributed by atoms with Crippen molar-refractivity contribution >= 4 is 5.91 Å². The van der Waals surface area contributed by atoms with Crippen LogP contribution >= 0.6 is 0 Å². The Kier molecular flexibility index (Phi) is 6.63. The van der Waals surface area contributed by atoms with Crippen molar-refractivity contribution in [2.75, 3.05) is 52.4 Å². The highest BCUT2D eigenvalue weighted by atomic mass is 16.1. The Morgan fingerprint density at radius 2 is 1.69 bits per heavy atom. The van der Waals surface area contributed by atoms with Gasteiger partial charge in [-0.05, 0) is 51.5 Å². The molecule has 0 bridgehead atoms. The van der Waals surface area contributed by atoms with Gasteiger partial charge in [0.2, 0.25) is 5.91 Å². The fraction of sp³-hybridized carbons (Fsp3) is 0.952. The molecule has 2 saturated heterocycles. The largest absolute Gasteiger partial charge is 0.353 e. The predicted octanol–water partition coefficient (Wildman–Crippen LogP) is 2.03. The maximum atomic E-state index is 12.0. The highest BCUT2D eigenvalue weighted by Gasteiger charge is 2.44. The first-order chi connectivity index (χ1) is 12.4. The van der Waals surface area contributed by atoms with Gasteiger partial charge in [-0.1, -0.05) is 13.8 Å². The number of nitrogens with zero attached hydrogens (tertiary/aromatic N) is 3. The van der Waals surface area contributed by atoms with E-state index in [2.05, 4.69) is 33.9 Å². The Balaban J connectivity index is 1.37. The van der Waals surface area contributed by atoms with Gasteiger partial charge in [-0.25, -0.2) is 0 Å². The molecule has 2 unspecified atom stereocenters. The van der Waals surface area contributed by atoms with Crippen molar-refractivity contribution in [2.24, 2.45) is 11.3 Å². The lowest BCUT2D eigenvalue weighted by molar-refractivity contribution is -0.124. The number of carbonyl (C=O) groups excluding carboxylic acids is 1. The van der Waals surface area contributed by atoms with Crippen LogP contribution in [-0.4, -0.2) is 85.0 Å². The minimum Gasteiger partial charge on any atom is -0.353 e. The van der Waals surface area contributed by atoms with E-state index in [0.717, 1.165) is 0 Å². The highest BCUT2D eigenvalue weighted by Crippen LogP contribution is 2.45. The Labute approximate surface area is 160 Å². The number of nitrogens with one attached hydrogen (secondary N) is 1. The van der Waals surface area contributed by atoms with Gasteiger partial charge in [0.15, 0.2) is 0 Å². The lowest BCUT2D eigenvalue weighted by atomic mass is 9.85. The second-order valence-electron chi connectivity index (χ2n) is 9.60. The van der Waals surface area contributed by atoms with Crippen LogP contribution in [-0.2, 0) is 4.79 Å². The monoisotopic (exact) mass is 364 g/mol. The van der Waals surface area contributed by atoms with Crippen LogP contribution < -0.4 is 5.32 Å². The number of carbonyl (C=O) groups is 1. The summed E-state index contributed by atoms with van der Waals surface area (Å²) in [6.45, 7) is 18.4. The number of amides is 1. The molecule has 1 amide bonds. The van der Waals surface area contributed by atoms with Crippen LogP contribution in [0.1, 0.15) is 53.4 Å². The second kappa shape index (κ2) is 8.57. The molecule has 3 aliphatic rings. The first-order valence-electron chi connectivity index (χ1n) is 10.9. The molecular formula is C21H40N4O. The third-order valence-corrected chi connectivity index (χ3v) is 6.96. The van der Waals surface area contributed by atoms with Crippen molar-refractivity contribution in [1.82, 2.24) is 20.0 Å². The molecule has 3 fully saturated rings. The van der Waals surface area contributed by atoms with E-state index >= 15 is 0 Å². The van der Waals surface area contributed by atoms with Gasteiger partial charge < -0.3 is 10.2 Å². The van der Waals surface area contributed by atoms with E-state index in [0.29, 0.717) is 17.5 Å². The Hall–Kier alpha value is -0.650. The molecule has 150 valence electrons. The molecule has 2 atom stereocenters. The molecule has 5 heteroatoms. The molecule has 0 radical (unpaired) electrons. The average Bonchev–Trinajstić information content (AvgIpc) is 3.20. The summed E-state index contributed by atoms with van der Waals surface area (Å²) in [4.78, 5) is 19.9. The van der Waals surface area contributed by atoms with E-state index in [1.54, 1.807) is 0 Å². The minimum atomic E-state index is 0.0998. The molecule has 1 spiro atoms. The van der Waals surface area contributed by atoms with Gasteiger partial charge in [0.25, 0.3) is 0 Å². The van der Waals surface area contributed by atoms with Gasteiger partial charge in [-0.3, -0.25) is 14.6 Å². The molecule has 2 aliphatic heterocycles. The van der Waals surface area contributed by atoms with Crippen LogP contribution in [0.25, 0.3) is 0 Å². The van der Waals surface area contributed by atoms with E-state index in [-0.39, 0.29) is 11.8 Å². The Bertz CT molecular complexity index is 473. The molecule has 0 aromatic carbocycles. The van der Waals surface area contributed by atoms with Crippen LogP contribution in [0, 0.1) is 11.3 Å². The van der Waals surface area contributed by atoms with Crippen LogP contribution in [0.3, 0.4) is 0 Å². The molecule has 1 saturated carbocycles. The zero-order valence-electron chi connectivity index (χ0n) is 17.5. The Morgan fingerprint density at radius 3 is 2.35 bits per heavy atom. The summed E-state index contributed by atoms with van der Waals surface area (Å²) in [7, 11) is 0. The second-order valence-corrected chi connectivity index (χ2v) is 9.60. The summed E-state index contributed by atoms with van der Waals surface area (Å²) in [5, 5.41) is 3.27. The summed E-state index contributed by atoms with van der Waals surface area (Å²) in [5.74, 6) is 0.324. The smallest absolute Gasteiger partial charge is 0.222 e. The topological polar surface area (TPSA) is 38.8 Å². The van der Waals surface area contributed by atoms with E-state index in [4.69, 9.17) is 0 Å². The molecule has 1 N–H and O–H groups in total. The number of hydrogen-bond donors (Lipinski definition) is 1. The lowest BCUT2D eigenvalue weighted by Crippen LogP contribution is -2.50. The quantitative estimate of drug-likeness (QED) is 0.783. The van der Waals surface area contributed by atoms with Crippen molar-refractivity contribution in [3.05, 3.63) is 0 Å². The number of rotatable bonds is 6. The van der Waals surface area contributed by atoms with Crippen LogP contribution in [0.4, 0.5) is 0 Å². The lowest BCUT2D eigenvalue weighted by Gasteiger charge is -2.37. The molecule has 0 aromatic rings. The third-order valence-electron chi connectivity index (χ3n) is 6.96. The summed E-state index contributed by atoms with van der Waals surface area (Å²) in [5.41, 5.74) is 0.477. The average molecular weight is 365 g/mol. The normalized spacial score (nSPS) is 31.5. The van der Waals surface area contributed by atoms with Crippen molar-refractivity contribution in [3.63, 3.8) is 0 Å². The molecule has 0 aromatic heterocycles. The zero-order valence-corrected chi connectivity index (χ0v) is 17.5. The minimum absolute atomic E-state index is 0.0998. The van der Waals surface area contributed by atoms with Crippen molar-refractivity contribution < 1.29 is 4.79 Å². The molecule has 2 heterocycles. The summed E-state index contributed by atoms with van der Waals surface area (Å²) < 4.78 is 0. The first-order valence-corrected chi connectivity index (χ1v) is 10.9. The molecule has 3 rings (SSSR count). The fourth-order valence-corrected chi connectivity index (χ4v) is 5.07. The van der Waals surface area contributed by atoms with Gasteiger partial charge in [-0.15, -0.1) is 0 Å². The number of likely N-dealkylation sites (tertiary alicyclic amines) is 1. The third kappa shape index (κ3) is 4.99. The van der Waals surface area contributed by atoms with Gasteiger partial charge in [0, 0.05) is 63.8 Å². The summed E-state index contributed by atoms with van der Waals surface area (Å²) in [6, 6.07) is 1.09. The van der Waals surface area contributed by atoms with Crippen LogP contribution in [0.15, 0.2) is 0 Å². The highest BCUT2D eigenvalue weighted by molar-refractivity contribution is 5.78. The molecular weight excluding hydrogens is 324 g/mol. The van der Waals surface area contributed by atoms with Gasteiger partial charge in [-0.2, -0.15) is 0 Å². The van der Waals surface area contributed by atoms with Crippen molar-refractivity contribution in [1.29, 1.82) is 0 Å². The molecule has 26 heavy (non-hydrogen) atoms. The predicted molar refractivity (Wildman–Crippen MR) is 107 cm³/mol. The number of piperazine rings is 1. The van der Waals surface area contributed by atoms with E-state index < -0.39 is 0 Å². The van der Waals surface area contributed by atoms with E-state index in [1.165, 1.54) is 78.0 Å². The van der Waals surface area contributed by atoms with Gasteiger partial charge >= 0.3 is 0 Å². The van der Waals surface area contributed by atoms with Crippen molar-refractivity contribution in [2.45, 2.75) is 65.5 Å². The summed E-state index contributed by atoms with van der Waals surface area (Å²) >= 11 is 0. The van der Waals surface area contributed by atoms with E-state index in [1.807, 2.05) is 13.8 Å². The summed E-state index contributed by atoms with van der Waals surface area (Å²) in [6.07, 6.45) is 4.97. The standard InChI is InChI=1S/C21H40N4O/c1-17(2)20(26)22-19-5-6-21(15-19)7-8-24(16-21)10-9-23-11-13-25(14-12-23)18(3)4/h17-19H,5-16H2,1-4H3,(H,22,26). The van der Waals surface area contributed by atoms with Gasteiger partial charge in [0.1, 0.15) is 0 Å². The SMILES string of the molecule is CC(C)C(=O)NC1CCC2(CCN(CCN3CCN(C(C)C)CC3)C2)C1. The zero-order chi connectivity index (χ0) is 18.7. The van der Waals surface area contributed by atoms with Crippen molar-refractivity contribution in [3.8, 4) is 0 Å². The fourth-order valence-electron chi connectivity index (χ4n) is 5.07. The maximum Gasteiger partial charge on any atom is 0.222 e. The van der Waals surface area contributed by atoms with Gasteiger partial charge in [0.05, 0.1) is 0 Å². The van der Waals surface area contributed by atoms with Crippen LogP contribution in [0.2, 0.25) is 0 Å². The maximum absolute atomic E-state index is 12.0. The molecule has 1 aliphatic carbocycles. The van der Waals surface area contributed by atoms with E-state index in [9.17, 15) is 4.79 Å². The molecule has 5 nitrogen and oxygen atoms in total. The van der Waals surface area contributed by atoms with Crippen LogP contribution in [0.5, 0.6) is 0 Å². The first kappa shape index (κ1) is 20.1.